The van der Waals surface area contributed by atoms with E-state index >= 15 is 0 Å². The van der Waals surface area contributed by atoms with Crippen molar-refractivity contribution < 1.29 is 4.79 Å². The normalized spacial score (nSPS) is 16.4. The number of hydrogen-bond acceptors (Lipinski definition) is 5. The summed E-state index contributed by atoms with van der Waals surface area (Å²) in [6, 6.07) is 4.93. The van der Waals surface area contributed by atoms with Crippen LogP contribution in [0.4, 0.5) is 0 Å². The Labute approximate surface area is 170 Å². The summed E-state index contributed by atoms with van der Waals surface area (Å²) in [5.41, 5.74) is 0. The summed E-state index contributed by atoms with van der Waals surface area (Å²) < 4.78 is 2.33. The van der Waals surface area contributed by atoms with Crippen molar-refractivity contribution in [1.29, 1.82) is 0 Å². The highest BCUT2D eigenvalue weighted by molar-refractivity contribution is 7.99. The summed E-state index contributed by atoms with van der Waals surface area (Å²) in [6.45, 7) is 4.20. The summed E-state index contributed by atoms with van der Waals surface area (Å²) >= 11 is 3.28. The van der Waals surface area contributed by atoms with E-state index in [2.05, 4.69) is 51.4 Å². The van der Waals surface area contributed by atoms with Crippen LogP contribution in [-0.4, -0.2) is 32.5 Å². The first-order valence-corrected chi connectivity index (χ1v) is 11.9. The van der Waals surface area contributed by atoms with Gasteiger partial charge in [0.2, 0.25) is 5.91 Å². The minimum Gasteiger partial charge on any atom is -0.353 e. The Morgan fingerprint density at radius 3 is 2.89 bits per heavy atom. The van der Waals surface area contributed by atoms with Crippen LogP contribution >= 0.6 is 23.1 Å². The van der Waals surface area contributed by atoms with E-state index in [1.165, 1.54) is 48.7 Å². The second-order valence-corrected chi connectivity index (χ2v) is 9.34. The maximum atomic E-state index is 12.3. The smallest absolute Gasteiger partial charge is 0.230 e. The van der Waals surface area contributed by atoms with Crippen LogP contribution in [0.3, 0.4) is 0 Å². The van der Waals surface area contributed by atoms with E-state index in [0.29, 0.717) is 11.8 Å². The molecule has 7 heteroatoms. The number of aromatic nitrogens is 3. The summed E-state index contributed by atoms with van der Waals surface area (Å²) in [5, 5.41) is 15.0. The molecule has 1 fully saturated rings. The third-order valence-corrected chi connectivity index (χ3v) is 6.87. The molecule has 0 saturated heterocycles. The van der Waals surface area contributed by atoms with Gasteiger partial charge in [-0.1, -0.05) is 50.4 Å². The topological polar surface area (TPSA) is 59.8 Å². The van der Waals surface area contributed by atoms with Crippen LogP contribution in [0.15, 0.2) is 22.7 Å². The molecular weight excluding hydrogens is 376 g/mol. The molecule has 27 heavy (non-hydrogen) atoms. The first kappa shape index (κ1) is 20.4. The Bertz CT molecular complexity index is 708. The predicted octanol–water partition coefficient (Wildman–Crippen LogP) is 4.83. The molecule has 1 aliphatic carbocycles. The van der Waals surface area contributed by atoms with Crippen molar-refractivity contribution in [1.82, 2.24) is 20.1 Å². The Balaban J connectivity index is 1.69. The second kappa shape index (κ2) is 10.3. The van der Waals surface area contributed by atoms with Crippen LogP contribution in [0.1, 0.15) is 75.5 Å². The van der Waals surface area contributed by atoms with Gasteiger partial charge in [0, 0.05) is 23.4 Å². The van der Waals surface area contributed by atoms with E-state index in [0.717, 1.165) is 30.2 Å². The highest BCUT2D eigenvalue weighted by Crippen LogP contribution is 2.33. The van der Waals surface area contributed by atoms with Crippen molar-refractivity contribution in [3.63, 3.8) is 0 Å². The zero-order chi connectivity index (χ0) is 19.1. The Hall–Kier alpha value is -1.34. The van der Waals surface area contributed by atoms with Crippen molar-refractivity contribution in [2.75, 3.05) is 5.75 Å². The molecule has 3 rings (SSSR count). The van der Waals surface area contributed by atoms with Gasteiger partial charge < -0.3 is 9.88 Å². The zero-order valence-corrected chi connectivity index (χ0v) is 18.0. The van der Waals surface area contributed by atoms with Gasteiger partial charge in [-0.3, -0.25) is 4.79 Å². The molecule has 2 aromatic rings. The van der Waals surface area contributed by atoms with Crippen molar-refractivity contribution in [3.8, 4) is 0 Å². The number of thiophene rings is 1. The van der Waals surface area contributed by atoms with Crippen LogP contribution in [0.5, 0.6) is 0 Å². The number of rotatable bonds is 9. The van der Waals surface area contributed by atoms with Gasteiger partial charge in [0.15, 0.2) is 5.16 Å². The molecule has 2 aromatic heterocycles. The van der Waals surface area contributed by atoms with Crippen LogP contribution in [0.25, 0.3) is 0 Å². The Morgan fingerprint density at radius 2 is 2.19 bits per heavy atom. The number of carbonyl (C=O) groups excluding carboxylic acids is 1. The monoisotopic (exact) mass is 406 g/mol. The summed E-state index contributed by atoms with van der Waals surface area (Å²) in [5.74, 6) is 1.52. The molecular formula is C20H30N4OS2. The number of carbonyl (C=O) groups is 1. The van der Waals surface area contributed by atoms with E-state index < -0.39 is 0 Å². The van der Waals surface area contributed by atoms with E-state index in [1.807, 2.05) is 0 Å². The molecule has 1 N–H and O–H groups in total. The predicted molar refractivity (Wildman–Crippen MR) is 113 cm³/mol. The molecule has 1 saturated carbocycles. The SMILES string of the molecule is CCCC(C)NC(=O)CSc1nnc(Cc2cccs2)n1C1CCCCC1. The van der Waals surface area contributed by atoms with E-state index in [9.17, 15) is 4.79 Å². The number of hydrogen-bond donors (Lipinski definition) is 1. The maximum Gasteiger partial charge on any atom is 0.230 e. The molecule has 0 radical (unpaired) electrons. The van der Waals surface area contributed by atoms with Gasteiger partial charge in [0.1, 0.15) is 5.82 Å². The lowest BCUT2D eigenvalue weighted by atomic mass is 9.95. The van der Waals surface area contributed by atoms with Crippen LogP contribution in [-0.2, 0) is 11.2 Å². The second-order valence-electron chi connectivity index (χ2n) is 7.36. The number of thioether (sulfide) groups is 1. The quantitative estimate of drug-likeness (QED) is 0.606. The van der Waals surface area contributed by atoms with Crippen LogP contribution < -0.4 is 5.32 Å². The van der Waals surface area contributed by atoms with E-state index in [1.54, 1.807) is 11.3 Å². The van der Waals surface area contributed by atoms with Gasteiger partial charge in [-0.15, -0.1) is 21.5 Å². The van der Waals surface area contributed by atoms with Gasteiger partial charge in [-0.05, 0) is 37.6 Å². The van der Waals surface area contributed by atoms with E-state index in [4.69, 9.17) is 0 Å². The average Bonchev–Trinajstić information content (AvgIpc) is 3.31. The molecule has 1 unspecified atom stereocenters. The summed E-state index contributed by atoms with van der Waals surface area (Å²) in [6.07, 6.45) is 9.13. The number of amides is 1. The first-order chi connectivity index (χ1) is 13.2. The van der Waals surface area contributed by atoms with Gasteiger partial charge in [0.25, 0.3) is 0 Å². The third-order valence-electron chi connectivity index (χ3n) is 5.05. The standard InChI is InChI=1S/C20H30N4OS2/c1-3-8-15(2)21-19(25)14-27-20-23-22-18(13-17-11-7-12-26-17)24(20)16-9-5-4-6-10-16/h7,11-12,15-16H,3-6,8-10,13-14H2,1-2H3,(H,21,25). The summed E-state index contributed by atoms with van der Waals surface area (Å²) in [4.78, 5) is 13.6. The van der Waals surface area contributed by atoms with Gasteiger partial charge in [0.05, 0.1) is 5.75 Å². The molecule has 0 aromatic carbocycles. The molecule has 1 amide bonds. The fourth-order valence-corrected chi connectivity index (χ4v) is 5.29. The van der Waals surface area contributed by atoms with Crippen LogP contribution in [0.2, 0.25) is 0 Å². The molecule has 0 bridgehead atoms. The molecule has 148 valence electrons. The first-order valence-electron chi connectivity index (χ1n) is 10.1. The largest absolute Gasteiger partial charge is 0.353 e. The van der Waals surface area contributed by atoms with Crippen molar-refractivity contribution in [2.45, 2.75) is 82.5 Å². The van der Waals surface area contributed by atoms with Crippen LogP contribution in [0, 0.1) is 0 Å². The Kier molecular flexibility index (Phi) is 7.76. The maximum absolute atomic E-state index is 12.3. The van der Waals surface area contributed by atoms with Crippen molar-refractivity contribution >= 4 is 29.0 Å². The lowest BCUT2D eigenvalue weighted by Gasteiger charge is -2.25. The zero-order valence-electron chi connectivity index (χ0n) is 16.3. The number of nitrogens with one attached hydrogen (secondary N) is 1. The van der Waals surface area contributed by atoms with Crippen molar-refractivity contribution in [2.24, 2.45) is 0 Å². The Morgan fingerprint density at radius 1 is 1.37 bits per heavy atom. The van der Waals surface area contributed by atoms with Gasteiger partial charge in [-0.2, -0.15) is 0 Å². The fraction of sp³-hybridized carbons (Fsp3) is 0.650. The van der Waals surface area contributed by atoms with Crippen molar-refractivity contribution in [3.05, 3.63) is 28.2 Å². The molecule has 0 spiro atoms. The lowest BCUT2D eigenvalue weighted by Crippen LogP contribution is -2.33. The van der Waals surface area contributed by atoms with E-state index in [-0.39, 0.29) is 11.9 Å². The molecule has 0 aliphatic heterocycles. The molecule has 1 aliphatic rings. The minimum absolute atomic E-state index is 0.0824. The average molecular weight is 407 g/mol. The third kappa shape index (κ3) is 5.82. The highest BCUT2D eigenvalue weighted by Gasteiger charge is 2.23. The minimum atomic E-state index is 0.0824. The highest BCUT2D eigenvalue weighted by atomic mass is 32.2. The summed E-state index contributed by atoms with van der Waals surface area (Å²) in [7, 11) is 0. The molecule has 2 heterocycles. The van der Waals surface area contributed by atoms with Gasteiger partial charge in [-0.25, -0.2) is 0 Å². The molecule has 1 atom stereocenters. The fourth-order valence-electron chi connectivity index (χ4n) is 3.75. The lowest BCUT2D eigenvalue weighted by molar-refractivity contribution is -0.119. The molecule has 5 nitrogen and oxygen atoms in total. The van der Waals surface area contributed by atoms with Gasteiger partial charge >= 0.3 is 0 Å². The number of nitrogens with zero attached hydrogens (tertiary/aromatic N) is 3.